The third kappa shape index (κ3) is 1.52. The zero-order chi connectivity index (χ0) is 10.4. The van der Waals surface area contributed by atoms with Crippen molar-refractivity contribution in [3.8, 4) is 5.75 Å². The Hall–Kier alpha value is -1.38. The summed E-state index contributed by atoms with van der Waals surface area (Å²) >= 11 is 0. The van der Waals surface area contributed by atoms with Crippen LogP contribution < -0.4 is 4.74 Å². The van der Waals surface area contributed by atoms with Gasteiger partial charge >= 0.3 is 0 Å². The average Bonchev–Trinajstić information content (AvgIpc) is 2.99. The first kappa shape index (κ1) is 8.89. The van der Waals surface area contributed by atoms with E-state index >= 15 is 0 Å². The minimum Gasteiger partial charge on any atom is -0.489 e. The molecule has 0 spiro atoms. The lowest BCUT2D eigenvalue weighted by atomic mass is 9.98. The first-order valence-corrected chi connectivity index (χ1v) is 5.23. The monoisotopic (exact) mass is 206 g/mol. The standard InChI is InChI=1S/C12H11FO2/c13-8-3-4-9-10(14)6-11(7-1-2-7)15-12(9)5-8/h3-5,7,11H,1-2,6H2. The van der Waals surface area contributed by atoms with Crippen molar-refractivity contribution in [3.05, 3.63) is 29.6 Å². The number of ether oxygens (including phenoxy) is 1. The molecule has 1 aromatic carbocycles. The zero-order valence-corrected chi connectivity index (χ0v) is 8.20. The number of halogens is 1. The maximum atomic E-state index is 13.0. The molecule has 0 radical (unpaired) electrons. The van der Waals surface area contributed by atoms with Crippen LogP contribution in [0.4, 0.5) is 4.39 Å². The molecule has 1 aliphatic carbocycles. The van der Waals surface area contributed by atoms with Crippen molar-refractivity contribution < 1.29 is 13.9 Å². The molecule has 1 heterocycles. The van der Waals surface area contributed by atoms with Crippen LogP contribution in [0.3, 0.4) is 0 Å². The molecular formula is C12H11FO2. The quantitative estimate of drug-likeness (QED) is 0.705. The Morgan fingerprint density at radius 3 is 2.87 bits per heavy atom. The highest BCUT2D eigenvalue weighted by atomic mass is 19.1. The number of Topliss-reactive ketones (excluding diaryl/α,β-unsaturated/α-hetero) is 1. The van der Waals surface area contributed by atoms with Gasteiger partial charge in [-0.05, 0) is 30.9 Å². The Labute approximate surface area is 87.0 Å². The van der Waals surface area contributed by atoms with Crippen LogP contribution in [-0.2, 0) is 0 Å². The van der Waals surface area contributed by atoms with Crippen LogP contribution in [-0.4, -0.2) is 11.9 Å². The van der Waals surface area contributed by atoms with E-state index in [2.05, 4.69) is 0 Å². The minimum atomic E-state index is -0.349. The molecule has 1 atom stereocenters. The number of hydrogen-bond donors (Lipinski definition) is 0. The van der Waals surface area contributed by atoms with Crippen molar-refractivity contribution in [1.29, 1.82) is 0 Å². The molecule has 0 amide bonds. The van der Waals surface area contributed by atoms with Gasteiger partial charge in [0.25, 0.3) is 0 Å². The lowest BCUT2D eigenvalue weighted by molar-refractivity contribution is 0.0818. The van der Waals surface area contributed by atoms with E-state index in [1.807, 2.05) is 0 Å². The molecule has 3 heteroatoms. The molecular weight excluding hydrogens is 195 g/mol. The molecule has 1 unspecified atom stereocenters. The largest absolute Gasteiger partial charge is 0.489 e. The Morgan fingerprint density at radius 1 is 1.33 bits per heavy atom. The van der Waals surface area contributed by atoms with Gasteiger partial charge in [-0.2, -0.15) is 0 Å². The first-order valence-electron chi connectivity index (χ1n) is 5.23. The predicted octanol–water partition coefficient (Wildman–Crippen LogP) is 2.57. The zero-order valence-electron chi connectivity index (χ0n) is 8.20. The number of ketones is 1. The van der Waals surface area contributed by atoms with Crippen LogP contribution in [0.15, 0.2) is 18.2 Å². The highest BCUT2D eigenvalue weighted by Gasteiger charge is 2.38. The summed E-state index contributed by atoms with van der Waals surface area (Å²) in [6, 6.07) is 4.12. The second-order valence-electron chi connectivity index (χ2n) is 4.26. The van der Waals surface area contributed by atoms with Crippen LogP contribution in [0, 0.1) is 11.7 Å². The lowest BCUT2D eigenvalue weighted by Gasteiger charge is -2.24. The van der Waals surface area contributed by atoms with Crippen molar-refractivity contribution in [2.24, 2.45) is 5.92 Å². The number of fused-ring (bicyclic) bond motifs is 1. The van der Waals surface area contributed by atoms with Crippen LogP contribution in [0.25, 0.3) is 0 Å². The number of rotatable bonds is 1. The van der Waals surface area contributed by atoms with Gasteiger partial charge in [0.05, 0.1) is 5.56 Å². The molecule has 78 valence electrons. The van der Waals surface area contributed by atoms with Crippen molar-refractivity contribution >= 4 is 5.78 Å². The van der Waals surface area contributed by atoms with Gasteiger partial charge in [-0.15, -0.1) is 0 Å². The van der Waals surface area contributed by atoms with E-state index in [9.17, 15) is 9.18 Å². The van der Waals surface area contributed by atoms with E-state index in [1.165, 1.54) is 18.2 Å². The maximum absolute atomic E-state index is 13.0. The summed E-state index contributed by atoms with van der Waals surface area (Å²) < 4.78 is 18.6. The van der Waals surface area contributed by atoms with Gasteiger partial charge in [0.15, 0.2) is 5.78 Å². The molecule has 15 heavy (non-hydrogen) atoms. The summed E-state index contributed by atoms with van der Waals surface area (Å²) in [6.45, 7) is 0. The van der Waals surface area contributed by atoms with Gasteiger partial charge in [0.1, 0.15) is 17.7 Å². The third-order valence-corrected chi connectivity index (χ3v) is 3.06. The summed E-state index contributed by atoms with van der Waals surface area (Å²) in [4.78, 5) is 11.7. The van der Waals surface area contributed by atoms with Gasteiger partial charge in [0.2, 0.25) is 0 Å². The van der Waals surface area contributed by atoms with Crippen molar-refractivity contribution in [2.45, 2.75) is 25.4 Å². The van der Waals surface area contributed by atoms with Crippen molar-refractivity contribution in [2.75, 3.05) is 0 Å². The second kappa shape index (κ2) is 3.05. The molecule has 0 saturated heterocycles. The SMILES string of the molecule is O=C1CC(C2CC2)Oc2cc(F)ccc21. The topological polar surface area (TPSA) is 26.3 Å². The summed E-state index contributed by atoms with van der Waals surface area (Å²) in [5.74, 6) is 0.652. The molecule has 1 aliphatic heterocycles. The fourth-order valence-electron chi connectivity index (χ4n) is 2.05. The molecule has 0 aromatic heterocycles. The van der Waals surface area contributed by atoms with Crippen LogP contribution in [0.5, 0.6) is 5.75 Å². The van der Waals surface area contributed by atoms with E-state index in [1.54, 1.807) is 0 Å². The van der Waals surface area contributed by atoms with E-state index in [0.717, 1.165) is 12.8 Å². The van der Waals surface area contributed by atoms with E-state index < -0.39 is 0 Å². The fourth-order valence-corrected chi connectivity index (χ4v) is 2.05. The molecule has 2 nitrogen and oxygen atoms in total. The van der Waals surface area contributed by atoms with Crippen LogP contribution in [0.2, 0.25) is 0 Å². The Bertz CT molecular complexity index is 424. The van der Waals surface area contributed by atoms with E-state index in [-0.39, 0.29) is 17.7 Å². The normalized spacial score (nSPS) is 24.6. The van der Waals surface area contributed by atoms with Gasteiger partial charge in [0, 0.05) is 12.5 Å². The van der Waals surface area contributed by atoms with Gasteiger partial charge in [-0.3, -0.25) is 4.79 Å². The fraction of sp³-hybridized carbons (Fsp3) is 0.417. The minimum absolute atomic E-state index is 0.0215. The van der Waals surface area contributed by atoms with E-state index in [4.69, 9.17) is 4.74 Å². The maximum Gasteiger partial charge on any atom is 0.170 e. The molecule has 3 rings (SSSR count). The predicted molar refractivity (Wildman–Crippen MR) is 52.5 cm³/mol. The lowest BCUT2D eigenvalue weighted by Crippen LogP contribution is -2.28. The third-order valence-electron chi connectivity index (χ3n) is 3.06. The van der Waals surface area contributed by atoms with Crippen LogP contribution in [0.1, 0.15) is 29.6 Å². The van der Waals surface area contributed by atoms with Gasteiger partial charge < -0.3 is 4.74 Å². The van der Waals surface area contributed by atoms with Crippen molar-refractivity contribution in [1.82, 2.24) is 0 Å². The number of benzene rings is 1. The smallest absolute Gasteiger partial charge is 0.170 e. The van der Waals surface area contributed by atoms with Crippen LogP contribution >= 0.6 is 0 Å². The summed E-state index contributed by atoms with van der Waals surface area (Å²) in [7, 11) is 0. The molecule has 0 N–H and O–H groups in total. The summed E-state index contributed by atoms with van der Waals surface area (Å²) in [5, 5.41) is 0. The first-order chi connectivity index (χ1) is 7.24. The summed E-state index contributed by atoms with van der Waals surface area (Å²) in [6.07, 6.45) is 2.68. The van der Waals surface area contributed by atoms with E-state index in [0.29, 0.717) is 23.7 Å². The molecule has 1 saturated carbocycles. The average molecular weight is 206 g/mol. The molecule has 2 aliphatic rings. The highest BCUT2D eigenvalue weighted by Crippen LogP contribution is 2.40. The molecule has 1 aromatic rings. The summed E-state index contributed by atoms with van der Waals surface area (Å²) in [5.41, 5.74) is 0.522. The number of carbonyl (C=O) groups is 1. The Kier molecular flexibility index (Phi) is 1.81. The molecule has 0 bridgehead atoms. The highest BCUT2D eigenvalue weighted by molar-refractivity contribution is 5.99. The van der Waals surface area contributed by atoms with Gasteiger partial charge in [-0.25, -0.2) is 4.39 Å². The molecule has 1 fully saturated rings. The van der Waals surface area contributed by atoms with Crippen molar-refractivity contribution in [3.63, 3.8) is 0 Å². The Morgan fingerprint density at radius 2 is 2.13 bits per heavy atom. The number of hydrogen-bond acceptors (Lipinski definition) is 2. The Balaban J connectivity index is 1.97. The number of carbonyl (C=O) groups excluding carboxylic acids is 1. The second-order valence-corrected chi connectivity index (χ2v) is 4.26. The van der Waals surface area contributed by atoms with Gasteiger partial charge in [-0.1, -0.05) is 0 Å².